The van der Waals surface area contributed by atoms with E-state index in [2.05, 4.69) is 5.10 Å². The van der Waals surface area contributed by atoms with Crippen molar-refractivity contribution < 1.29 is 5.11 Å². The highest BCUT2D eigenvalue weighted by atomic mass is 16.3. The summed E-state index contributed by atoms with van der Waals surface area (Å²) in [6.45, 7) is 2.10. The molecule has 0 bridgehead atoms. The van der Waals surface area contributed by atoms with Crippen LogP contribution in [0.4, 0.5) is 0 Å². The molecule has 27 heavy (non-hydrogen) atoms. The smallest absolute Gasteiger partial charge is 0.274 e. The van der Waals surface area contributed by atoms with E-state index in [1.54, 1.807) is 6.07 Å². The minimum atomic E-state index is -0.805. The lowest BCUT2D eigenvalue weighted by molar-refractivity contribution is 0.150. The van der Waals surface area contributed by atoms with Crippen molar-refractivity contribution in [2.75, 3.05) is 0 Å². The molecule has 1 atom stereocenters. The van der Waals surface area contributed by atoms with Gasteiger partial charge in [0.05, 0.1) is 23.7 Å². The van der Waals surface area contributed by atoms with Crippen LogP contribution in [0.5, 0.6) is 0 Å². The van der Waals surface area contributed by atoms with Gasteiger partial charge in [0.1, 0.15) is 0 Å². The lowest BCUT2D eigenvalue weighted by Crippen LogP contribution is -2.26. The Labute approximate surface area is 157 Å². The van der Waals surface area contributed by atoms with Crippen molar-refractivity contribution in [1.29, 1.82) is 0 Å². The quantitative estimate of drug-likeness (QED) is 0.599. The van der Waals surface area contributed by atoms with E-state index < -0.39 is 6.10 Å². The Hall–Kier alpha value is -3.24. The van der Waals surface area contributed by atoms with Gasteiger partial charge in [0.15, 0.2) is 0 Å². The van der Waals surface area contributed by atoms with Gasteiger partial charge in [-0.3, -0.25) is 4.79 Å². The van der Waals surface area contributed by atoms with Crippen LogP contribution in [0, 0.1) is 6.92 Å². The van der Waals surface area contributed by atoms with E-state index in [0.29, 0.717) is 5.39 Å². The number of aliphatic hydroxyl groups excluding tert-OH is 1. The first kappa shape index (κ1) is 17.2. The monoisotopic (exact) mass is 356 g/mol. The molecule has 134 valence electrons. The van der Waals surface area contributed by atoms with E-state index >= 15 is 0 Å². The Morgan fingerprint density at radius 3 is 2.22 bits per heavy atom. The number of benzene rings is 3. The molecule has 4 nitrogen and oxygen atoms in total. The third-order valence-electron chi connectivity index (χ3n) is 4.72. The fourth-order valence-corrected chi connectivity index (χ4v) is 3.23. The summed E-state index contributed by atoms with van der Waals surface area (Å²) < 4.78 is 1.37. The number of rotatable bonds is 4. The van der Waals surface area contributed by atoms with Crippen molar-refractivity contribution >= 4 is 10.8 Å². The zero-order valence-electron chi connectivity index (χ0n) is 15.0. The van der Waals surface area contributed by atoms with E-state index in [-0.39, 0.29) is 12.1 Å². The molecule has 0 aliphatic carbocycles. The Bertz CT molecular complexity index is 1130. The number of fused-ring (bicyclic) bond motifs is 1. The van der Waals surface area contributed by atoms with Gasteiger partial charge in [-0.1, -0.05) is 78.4 Å². The summed E-state index contributed by atoms with van der Waals surface area (Å²) in [7, 11) is 0. The molecule has 3 aromatic carbocycles. The van der Waals surface area contributed by atoms with Crippen LogP contribution in [0.25, 0.3) is 22.0 Å². The molecule has 0 unspecified atom stereocenters. The number of nitrogens with zero attached hydrogens (tertiary/aromatic N) is 2. The molecule has 0 saturated heterocycles. The molecule has 4 rings (SSSR count). The van der Waals surface area contributed by atoms with Crippen LogP contribution < -0.4 is 5.56 Å². The Morgan fingerprint density at radius 2 is 1.52 bits per heavy atom. The maximum absolute atomic E-state index is 12.9. The van der Waals surface area contributed by atoms with Crippen LogP contribution in [-0.2, 0) is 6.54 Å². The molecule has 0 aliphatic heterocycles. The Kier molecular flexibility index (Phi) is 4.57. The van der Waals surface area contributed by atoms with E-state index in [1.165, 1.54) is 4.68 Å². The summed E-state index contributed by atoms with van der Waals surface area (Å²) in [4.78, 5) is 12.9. The van der Waals surface area contributed by atoms with Crippen molar-refractivity contribution in [1.82, 2.24) is 9.78 Å². The van der Waals surface area contributed by atoms with Gasteiger partial charge < -0.3 is 5.11 Å². The van der Waals surface area contributed by atoms with Gasteiger partial charge in [-0.15, -0.1) is 0 Å². The van der Waals surface area contributed by atoms with Crippen molar-refractivity contribution in [3.63, 3.8) is 0 Å². The van der Waals surface area contributed by atoms with Gasteiger partial charge in [-0.2, -0.15) is 5.10 Å². The van der Waals surface area contributed by atoms with Crippen LogP contribution in [0.3, 0.4) is 0 Å². The van der Waals surface area contributed by atoms with Crippen molar-refractivity contribution in [3.8, 4) is 11.3 Å². The maximum atomic E-state index is 12.9. The van der Waals surface area contributed by atoms with Crippen LogP contribution in [0.15, 0.2) is 83.7 Å². The van der Waals surface area contributed by atoms with E-state index in [4.69, 9.17) is 0 Å². The van der Waals surface area contributed by atoms with Gasteiger partial charge in [-0.05, 0) is 18.6 Å². The van der Waals surface area contributed by atoms with E-state index in [0.717, 1.165) is 27.8 Å². The highest BCUT2D eigenvalue weighted by Crippen LogP contribution is 2.25. The third-order valence-corrected chi connectivity index (χ3v) is 4.72. The van der Waals surface area contributed by atoms with Crippen molar-refractivity contribution in [2.24, 2.45) is 0 Å². The van der Waals surface area contributed by atoms with Crippen LogP contribution in [-0.4, -0.2) is 14.9 Å². The lowest BCUT2D eigenvalue weighted by atomic mass is 10.0. The zero-order valence-corrected chi connectivity index (χ0v) is 15.0. The first-order valence-electron chi connectivity index (χ1n) is 8.93. The van der Waals surface area contributed by atoms with Gasteiger partial charge in [0, 0.05) is 10.9 Å². The molecule has 4 heteroatoms. The Morgan fingerprint density at radius 1 is 0.889 bits per heavy atom. The molecule has 1 heterocycles. The van der Waals surface area contributed by atoms with Crippen LogP contribution >= 0.6 is 0 Å². The second kappa shape index (κ2) is 7.17. The summed E-state index contributed by atoms with van der Waals surface area (Å²) in [5, 5.41) is 16.6. The largest absolute Gasteiger partial charge is 0.386 e. The summed E-state index contributed by atoms with van der Waals surface area (Å²) in [6, 6.07) is 24.9. The minimum Gasteiger partial charge on any atom is -0.386 e. The number of aryl methyl sites for hydroxylation is 1. The average Bonchev–Trinajstić information content (AvgIpc) is 2.71. The number of aromatic nitrogens is 2. The van der Waals surface area contributed by atoms with Crippen molar-refractivity contribution in [2.45, 2.75) is 19.6 Å². The zero-order chi connectivity index (χ0) is 18.8. The second-order valence-corrected chi connectivity index (χ2v) is 6.67. The molecule has 0 radical (unpaired) electrons. The maximum Gasteiger partial charge on any atom is 0.274 e. The van der Waals surface area contributed by atoms with Crippen LogP contribution in [0.1, 0.15) is 17.2 Å². The molecule has 1 N–H and O–H groups in total. The van der Waals surface area contributed by atoms with Gasteiger partial charge in [0.25, 0.3) is 5.56 Å². The summed E-state index contributed by atoms with van der Waals surface area (Å²) in [5.41, 5.74) is 3.37. The van der Waals surface area contributed by atoms with E-state index in [1.807, 2.05) is 79.7 Å². The highest BCUT2D eigenvalue weighted by Gasteiger charge is 2.15. The van der Waals surface area contributed by atoms with Crippen LogP contribution in [0.2, 0.25) is 0 Å². The second-order valence-electron chi connectivity index (χ2n) is 6.67. The van der Waals surface area contributed by atoms with E-state index in [9.17, 15) is 9.90 Å². The number of hydrogen-bond donors (Lipinski definition) is 1. The molecule has 0 fully saturated rings. The molecule has 0 saturated carbocycles. The first-order valence-corrected chi connectivity index (χ1v) is 8.93. The SMILES string of the molecule is Cc1ccc([C@H](O)Cn2nc(-c3ccccc3)c3ccccc3c2=O)cc1. The third kappa shape index (κ3) is 3.39. The number of aliphatic hydroxyl groups is 1. The molecule has 0 aliphatic rings. The summed E-state index contributed by atoms with van der Waals surface area (Å²) in [5.74, 6) is 0. The normalized spacial score (nSPS) is 12.2. The van der Waals surface area contributed by atoms with Crippen molar-refractivity contribution in [3.05, 3.63) is 100 Å². The first-order chi connectivity index (χ1) is 13.1. The number of hydrogen-bond acceptors (Lipinski definition) is 3. The predicted octanol–water partition coefficient (Wildman–Crippen LogP) is 4.11. The summed E-state index contributed by atoms with van der Waals surface area (Å²) in [6.07, 6.45) is -0.805. The molecular formula is C23H20N2O2. The van der Waals surface area contributed by atoms with Gasteiger partial charge in [-0.25, -0.2) is 4.68 Å². The predicted molar refractivity (Wildman–Crippen MR) is 108 cm³/mol. The average molecular weight is 356 g/mol. The molecular weight excluding hydrogens is 336 g/mol. The van der Waals surface area contributed by atoms with Gasteiger partial charge >= 0.3 is 0 Å². The molecule has 0 amide bonds. The minimum absolute atomic E-state index is 0.104. The highest BCUT2D eigenvalue weighted by molar-refractivity contribution is 5.93. The summed E-state index contributed by atoms with van der Waals surface area (Å²) >= 11 is 0. The lowest BCUT2D eigenvalue weighted by Gasteiger charge is -2.15. The topological polar surface area (TPSA) is 55.1 Å². The Balaban J connectivity index is 1.82. The standard InChI is InChI=1S/C23H20N2O2/c1-16-11-13-17(14-12-16)21(26)15-25-23(27)20-10-6-5-9-19(20)22(24-25)18-7-3-2-4-8-18/h2-14,21,26H,15H2,1H3/t21-/m1/s1. The molecule has 1 aromatic heterocycles. The van der Waals surface area contributed by atoms with Gasteiger partial charge in [0.2, 0.25) is 0 Å². The fraction of sp³-hybridized carbons (Fsp3) is 0.130. The molecule has 4 aromatic rings. The molecule has 0 spiro atoms. The fourth-order valence-electron chi connectivity index (χ4n) is 3.23.